The number of allylic oxidation sites excluding steroid dienone is 1. The summed E-state index contributed by atoms with van der Waals surface area (Å²) in [6, 6.07) is 0. The lowest BCUT2D eigenvalue weighted by Gasteiger charge is -2.58. The Labute approximate surface area is 187 Å². The Morgan fingerprint density at radius 1 is 1.03 bits per heavy atom. The Bertz CT molecular complexity index is 659. The summed E-state index contributed by atoms with van der Waals surface area (Å²) >= 11 is 0. The lowest BCUT2D eigenvalue weighted by Crippen LogP contribution is -2.50. The number of rotatable bonds is 5. The summed E-state index contributed by atoms with van der Waals surface area (Å²) < 4.78 is 0. The van der Waals surface area contributed by atoms with Crippen LogP contribution >= 0.6 is 0 Å². The van der Waals surface area contributed by atoms with Gasteiger partial charge in [0, 0.05) is 0 Å². The van der Waals surface area contributed by atoms with Crippen LogP contribution in [0.1, 0.15) is 113 Å². The minimum absolute atomic E-state index is 0.0819. The molecule has 0 aliphatic heterocycles. The van der Waals surface area contributed by atoms with Crippen molar-refractivity contribution in [3.05, 3.63) is 11.6 Å². The van der Waals surface area contributed by atoms with E-state index in [2.05, 4.69) is 54.5 Å². The Morgan fingerprint density at radius 2 is 1.77 bits per heavy atom. The molecule has 0 amide bonds. The number of aliphatic hydroxyl groups is 1. The molecule has 0 saturated heterocycles. The van der Waals surface area contributed by atoms with Crippen LogP contribution in [-0.4, -0.2) is 11.2 Å². The molecule has 172 valence electrons. The van der Waals surface area contributed by atoms with Crippen LogP contribution in [0.25, 0.3) is 0 Å². The van der Waals surface area contributed by atoms with Gasteiger partial charge in [-0.2, -0.15) is 0 Å². The molecule has 0 spiro atoms. The van der Waals surface area contributed by atoms with Crippen LogP contribution in [0.2, 0.25) is 0 Å². The fourth-order valence-electron chi connectivity index (χ4n) is 8.71. The van der Waals surface area contributed by atoms with E-state index in [1.165, 1.54) is 51.4 Å². The van der Waals surface area contributed by atoms with Crippen LogP contribution in [0.4, 0.5) is 0 Å². The Morgan fingerprint density at radius 3 is 2.47 bits per heavy atom. The number of hydrogen-bond acceptors (Lipinski definition) is 1. The molecule has 4 aliphatic carbocycles. The maximum atomic E-state index is 10.2. The van der Waals surface area contributed by atoms with E-state index in [9.17, 15) is 5.11 Å². The van der Waals surface area contributed by atoms with Crippen molar-refractivity contribution in [2.45, 2.75) is 119 Å². The monoisotopic (exact) mass is 414 g/mol. The quantitative estimate of drug-likeness (QED) is 0.451. The third kappa shape index (κ3) is 3.64. The van der Waals surface area contributed by atoms with Crippen LogP contribution in [0.5, 0.6) is 0 Å². The van der Waals surface area contributed by atoms with Crippen molar-refractivity contribution >= 4 is 0 Å². The highest BCUT2D eigenvalue weighted by molar-refractivity contribution is 5.25. The predicted octanol–water partition coefficient (Wildman–Crippen LogP) is 8.02. The molecular formula is C29H50O. The molecule has 0 aromatic carbocycles. The van der Waals surface area contributed by atoms with Crippen molar-refractivity contribution in [1.29, 1.82) is 0 Å². The highest BCUT2D eigenvalue weighted by atomic mass is 16.3. The first-order chi connectivity index (χ1) is 14.0. The van der Waals surface area contributed by atoms with E-state index >= 15 is 0 Å². The molecule has 0 heterocycles. The summed E-state index contributed by atoms with van der Waals surface area (Å²) in [7, 11) is 0. The summed E-state index contributed by atoms with van der Waals surface area (Å²) in [5.41, 5.74) is 3.03. The fraction of sp³-hybridized carbons (Fsp3) is 0.931. The van der Waals surface area contributed by atoms with E-state index < -0.39 is 0 Å². The van der Waals surface area contributed by atoms with Gasteiger partial charge in [-0.3, -0.25) is 0 Å². The van der Waals surface area contributed by atoms with E-state index in [0.717, 1.165) is 48.3 Å². The van der Waals surface area contributed by atoms with Crippen LogP contribution in [0.15, 0.2) is 11.6 Å². The first-order valence-electron chi connectivity index (χ1n) is 13.4. The zero-order valence-electron chi connectivity index (χ0n) is 21.1. The molecule has 0 bridgehead atoms. The van der Waals surface area contributed by atoms with E-state index in [1.54, 1.807) is 5.57 Å². The van der Waals surface area contributed by atoms with Gasteiger partial charge in [0.15, 0.2) is 0 Å². The average Bonchev–Trinajstić information content (AvgIpc) is 3.04. The van der Waals surface area contributed by atoms with Gasteiger partial charge in [-0.25, -0.2) is 0 Å². The molecule has 0 aromatic rings. The third-order valence-electron chi connectivity index (χ3n) is 11.6. The lowest BCUT2D eigenvalue weighted by atomic mass is 9.47. The number of aliphatic hydroxyl groups excluding tert-OH is 1. The second kappa shape index (κ2) is 7.93. The summed E-state index contributed by atoms with van der Waals surface area (Å²) in [5, 5.41) is 10.2. The van der Waals surface area contributed by atoms with Gasteiger partial charge in [-0.1, -0.05) is 60.1 Å². The first kappa shape index (κ1) is 22.9. The molecule has 1 heteroatoms. The average molecular weight is 415 g/mol. The smallest absolute Gasteiger partial charge is 0.0577 e. The standard InChI is InChI=1S/C29H50O/c1-19(2)27(4,5)15-12-20(3)24-10-11-25-23-9-8-21-18-22(30)13-16-28(21,6)26(23)14-17-29(24,25)7/h8,19-20,22-26,30H,9-18H2,1-7H3/t20-,22+,23+,24-,25+,26+,28+,29-/m1/s1. The number of hydrogen-bond donors (Lipinski definition) is 1. The minimum Gasteiger partial charge on any atom is -0.393 e. The van der Waals surface area contributed by atoms with Gasteiger partial charge in [0.1, 0.15) is 0 Å². The van der Waals surface area contributed by atoms with Crippen LogP contribution < -0.4 is 0 Å². The van der Waals surface area contributed by atoms with Gasteiger partial charge in [0.05, 0.1) is 6.10 Å². The molecule has 3 fully saturated rings. The molecule has 8 atom stereocenters. The van der Waals surface area contributed by atoms with Gasteiger partial charge in [0.2, 0.25) is 0 Å². The second-order valence-corrected chi connectivity index (χ2v) is 13.5. The molecule has 4 rings (SSSR count). The zero-order chi connectivity index (χ0) is 21.9. The van der Waals surface area contributed by atoms with Crippen molar-refractivity contribution in [2.75, 3.05) is 0 Å². The van der Waals surface area contributed by atoms with Gasteiger partial charge in [-0.15, -0.1) is 0 Å². The molecule has 1 N–H and O–H groups in total. The van der Waals surface area contributed by atoms with E-state index in [4.69, 9.17) is 0 Å². The molecule has 1 nitrogen and oxygen atoms in total. The van der Waals surface area contributed by atoms with Crippen molar-refractivity contribution in [3.8, 4) is 0 Å². The van der Waals surface area contributed by atoms with Crippen LogP contribution in [0, 0.1) is 51.8 Å². The molecule has 0 unspecified atom stereocenters. The van der Waals surface area contributed by atoms with Crippen LogP contribution in [-0.2, 0) is 0 Å². The van der Waals surface area contributed by atoms with E-state index in [1.807, 2.05) is 0 Å². The fourth-order valence-corrected chi connectivity index (χ4v) is 8.71. The lowest BCUT2D eigenvalue weighted by molar-refractivity contribution is -0.0578. The maximum absolute atomic E-state index is 10.2. The van der Waals surface area contributed by atoms with Gasteiger partial charge in [0.25, 0.3) is 0 Å². The van der Waals surface area contributed by atoms with Gasteiger partial charge < -0.3 is 5.11 Å². The highest BCUT2D eigenvalue weighted by Gasteiger charge is 2.59. The minimum atomic E-state index is -0.0819. The van der Waals surface area contributed by atoms with Crippen molar-refractivity contribution in [3.63, 3.8) is 0 Å². The molecule has 30 heavy (non-hydrogen) atoms. The van der Waals surface area contributed by atoms with Crippen molar-refractivity contribution in [1.82, 2.24) is 0 Å². The van der Waals surface area contributed by atoms with Crippen molar-refractivity contribution < 1.29 is 5.11 Å². The summed E-state index contributed by atoms with van der Waals surface area (Å²) in [4.78, 5) is 0. The zero-order valence-corrected chi connectivity index (χ0v) is 21.1. The SMILES string of the molecule is CC(C)C(C)(C)CC[C@@H](C)[C@H]1CC[C@H]2[C@@H]3CC=C4C[C@@H](O)CC[C@]4(C)[C@H]3CC[C@]12C. The largest absolute Gasteiger partial charge is 0.393 e. The molecule has 4 aliphatic rings. The van der Waals surface area contributed by atoms with Gasteiger partial charge >= 0.3 is 0 Å². The number of fused-ring (bicyclic) bond motifs is 5. The Kier molecular flexibility index (Phi) is 6.05. The molecule has 0 aromatic heterocycles. The normalized spacial score (nSPS) is 44.8. The Balaban J connectivity index is 1.49. The first-order valence-corrected chi connectivity index (χ1v) is 13.4. The van der Waals surface area contributed by atoms with Crippen LogP contribution in [0.3, 0.4) is 0 Å². The molecule has 3 saturated carbocycles. The predicted molar refractivity (Wildman–Crippen MR) is 128 cm³/mol. The van der Waals surface area contributed by atoms with E-state index in [0.29, 0.717) is 16.2 Å². The summed E-state index contributed by atoms with van der Waals surface area (Å²) in [6.45, 7) is 17.6. The van der Waals surface area contributed by atoms with E-state index in [-0.39, 0.29) is 6.10 Å². The molecular weight excluding hydrogens is 364 g/mol. The second-order valence-electron chi connectivity index (χ2n) is 13.5. The third-order valence-corrected chi connectivity index (χ3v) is 11.6. The Hall–Kier alpha value is -0.300. The summed E-state index contributed by atoms with van der Waals surface area (Å²) in [5.74, 6) is 5.27. The topological polar surface area (TPSA) is 20.2 Å². The van der Waals surface area contributed by atoms with Gasteiger partial charge in [-0.05, 0) is 116 Å². The highest BCUT2D eigenvalue weighted by Crippen LogP contribution is 2.67. The summed E-state index contributed by atoms with van der Waals surface area (Å²) in [6.07, 6.45) is 15.6. The maximum Gasteiger partial charge on any atom is 0.0577 e. The van der Waals surface area contributed by atoms with Crippen molar-refractivity contribution in [2.24, 2.45) is 51.8 Å². The molecule has 0 radical (unpaired) electrons.